The maximum absolute atomic E-state index is 12.8. The zero-order valence-electron chi connectivity index (χ0n) is 15.4. The third kappa shape index (κ3) is 2.79. The first kappa shape index (κ1) is 17.7. The van der Waals surface area contributed by atoms with Crippen molar-refractivity contribution in [3.63, 3.8) is 0 Å². The standard InChI is InChI=1S/C20H18N4O4/c1-3-28-19(25)17-12(2)21-20-22-15-9-4-5-10-16(15)23(20)18(17)13-7-6-8-14(11-13)24(26)27/h4-11,18H,3H2,1-2H3,(H,21,22)/t18-/m1/s1. The number of fused-ring (bicyclic) bond motifs is 3. The fourth-order valence-corrected chi connectivity index (χ4v) is 3.56. The van der Waals surface area contributed by atoms with Gasteiger partial charge in [-0.3, -0.25) is 14.7 Å². The minimum Gasteiger partial charge on any atom is -0.463 e. The predicted molar refractivity (Wildman–Crippen MR) is 104 cm³/mol. The molecule has 1 aromatic heterocycles. The summed E-state index contributed by atoms with van der Waals surface area (Å²) in [7, 11) is 0. The van der Waals surface area contributed by atoms with Gasteiger partial charge in [-0.1, -0.05) is 24.3 Å². The van der Waals surface area contributed by atoms with Crippen molar-refractivity contribution in [3.05, 3.63) is 75.5 Å². The van der Waals surface area contributed by atoms with Gasteiger partial charge >= 0.3 is 5.97 Å². The predicted octanol–water partition coefficient (Wildman–Crippen LogP) is 3.80. The lowest BCUT2D eigenvalue weighted by Gasteiger charge is -2.30. The van der Waals surface area contributed by atoms with Gasteiger partial charge in [-0.2, -0.15) is 0 Å². The summed E-state index contributed by atoms with van der Waals surface area (Å²) in [6, 6.07) is 13.3. The minimum absolute atomic E-state index is 0.0390. The third-order valence-electron chi connectivity index (χ3n) is 4.72. The van der Waals surface area contributed by atoms with Crippen molar-refractivity contribution in [1.82, 2.24) is 9.55 Å². The highest BCUT2D eigenvalue weighted by Crippen LogP contribution is 2.40. The summed E-state index contributed by atoms with van der Waals surface area (Å²) in [5.41, 5.74) is 3.16. The Morgan fingerprint density at radius 1 is 1.29 bits per heavy atom. The lowest BCUT2D eigenvalue weighted by molar-refractivity contribution is -0.384. The van der Waals surface area contributed by atoms with Gasteiger partial charge in [-0.25, -0.2) is 9.78 Å². The van der Waals surface area contributed by atoms with Crippen LogP contribution in [0.15, 0.2) is 59.8 Å². The molecule has 1 N–H and O–H groups in total. The molecule has 4 rings (SSSR count). The van der Waals surface area contributed by atoms with Gasteiger partial charge < -0.3 is 10.1 Å². The van der Waals surface area contributed by atoms with Gasteiger partial charge in [0.25, 0.3) is 5.69 Å². The summed E-state index contributed by atoms with van der Waals surface area (Å²) in [5, 5.41) is 14.5. The van der Waals surface area contributed by atoms with Crippen LogP contribution < -0.4 is 5.32 Å². The number of allylic oxidation sites excluding steroid dienone is 1. The monoisotopic (exact) mass is 378 g/mol. The summed E-state index contributed by atoms with van der Waals surface area (Å²) in [5.74, 6) is 0.107. The van der Waals surface area contributed by atoms with Crippen LogP contribution >= 0.6 is 0 Å². The Bertz CT molecular complexity index is 1130. The van der Waals surface area contributed by atoms with E-state index in [2.05, 4.69) is 10.3 Å². The van der Waals surface area contributed by atoms with Crippen LogP contribution in [0.2, 0.25) is 0 Å². The molecule has 2 heterocycles. The van der Waals surface area contributed by atoms with Crippen molar-refractivity contribution in [2.45, 2.75) is 19.9 Å². The Labute approximate surface area is 160 Å². The number of para-hydroxylation sites is 2. The molecule has 0 fully saturated rings. The van der Waals surface area contributed by atoms with E-state index >= 15 is 0 Å². The summed E-state index contributed by atoms with van der Waals surface area (Å²) < 4.78 is 7.16. The number of ether oxygens (including phenoxy) is 1. The van der Waals surface area contributed by atoms with Crippen molar-refractivity contribution in [1.29, 1.82) is 0 Å². The number of hydrogen-bond acceptors (Lipinski definition) is 6. The summed E-state index contributed by atoms with van der Waals surface area (Å²) in [4.78, 5) is 28.2. The van der Waals surface area contributed by atoms with E-state index in [1.807, 2.05) is 28.8 Å². The topological polar surface area (TPSA) is 99.3 Å². The van der Waals surface area contributed by atoms with E-state index in [0.717, 1.165) is 11.0 Å². The number of nitrogens with zero attached hydrogens (tertiary/aromatic N) is 3. The number of carbonyl (C=O) groups excluding carboxylic acids is 1. The van der Waals surface area contributed by atoms with Crippen LogP contribution in [0.3, 0.4) is 0 Å². The maximum Gasteiger partial charge on any atom is 0.338 e. The fraction of sp³-hybridized carbons (Fsp3) is 0.200. The second-order valence-electron chi connectivity index (χ2n) is 6.43. The van der Waals surface area contributed by atoms with Crippen molar-refractivity contribution >= 4 is 28.6 Å². The molecule has 1 atom stereocenters. The Balaban J connectivity index is 1.99. The average molecular weight is 378 g/mol. The molecule has 142 valence electrons. The zero-order valence-corrected chi connectivity index (χ0v) is 15.4. The molecule has 28 heavy (non-hydrogen) atoms. The highest BCUT2D eigenvalue weighted by Gasteiger charge is 2.35. The molecule has 0 unspecified atom stereocenters. The molecule has 0 radical (unpaired) electrons. The highest BCUT2D eigenvalue weighted by atomic mass is 16.6. The molecule has 3 aromatic rings. The number of nitro groups is 1. The molecule has 2 aromatic carbocycles. The molecule has 0 aliphatic carbocycles. The van der Waals surface area contributed by atoms with Gasteiger partial charge in [0.2, 0.25) is 5.95 Å². The van der Waals surface area contributed by atoms with Gasteiger partial charge in [-0.15, -0.1) is 0 Å². The number of nitrogens with one attached hydrogen (secondary N) is 1. The number of non-ortho nitro benzene ring substituents is 1. The lowest BCUT2D eigenvalue weighted by Crippen LogP contribution is -2.29. The molecule has 8 heteroatoms. The number of benzene rings is 2. The molecule has 0 saturated carbocycles. The van der Waals surface area contributed by atoms with Gasteiger partial charge in [0, 0.05) is 17.8 Å². The Hall–Kier alpha value is -3.68. The van der Waals surface area contributed by atoms with Crippen LogP contribution in [0.5, 0.6) is 0 Å². The lowest BCUT2D eigenvalue weighted by atomic mass is 9.94. The van der Waals surface area contributed by atoms with E-state index in [0.29, 0.717) is 22.8 Å². The smallest absolute Gasteiger partial charge is 0.338 e. The number of imidazole rings is 1. The van der Waals surface area contributed by atoms with Crippen LogP contribution in [0.1, 0.15) is 25.5 Å². The summed E-state index contributed by atoms with van der Waals surface area (Å²) in [6.45, 7) is 3.75. The normalized spacial score (nSPS) is 15.9. The quantitative estimate of drug-likeness (QED) is 0.421. The third-order valence-corrected chi connectivity index (χ3v) is 4.72. The van der Waals surface area contributed by atoms with Crippen LogP contribution in [-0.2, 0) is 9.53 Å². The van der Waals surface area contributed by atoms with E-state index in [-0.39, 0.29) is 12.3 Å². The SMILES string of the molecule is CCOC(=O)C1=C(C)Nc2nc3ccccc3n2[C@@H]1c1cccc([N+](=O)[O-])c1. The second-order valence-corrected chi connectivity index (χ2v) is 6.43. The number of aromatic nitrogens is 2. The number of anilines is 1. The molecule has 0 amide bonds. The van der Waals surface area contributed by atoms with E-state index in [1.165, 1.54) is 12.1 Å². The van der Waals surface area contributed by atoms with Gasteiger partial charge in [0.1, 0.15) is 0 Å². The number of hydrogen-bond donors (Lipinski definition) is 1. The van der Waals surface area contributed by atoms with Crippen molar-refractivity contribution in [2.75, 3.05) is 11.9 Å². The van der Waals surface area contributed by atoms with E-state index in [9.17, 15) is 14.9 Å². The molecule has 1 aliphatic rings. The zero-order chi connectivity index (χ0) is 19.8. The molecule has 0 spiro atoms. The van der Waals surface area contributed by atoms with E-state index in [4.69, 9.17) is 4.74 Å². The first-order valence-corrected chi connectivity index (χ1v) is 8.87. The number of carbonyl (C=O) groups is 1. The Morgan fingerprint density at radius 2 is 2.07 bits per heavy atom. The van der Waals surface area contributed by atoms with E-state index in [1.54, 1.807) is 26.0 Å². The summed E-state index contributed by atoms with van der Waals surface area (Å²) in [6.07, 6.45) is 0. The first-order chi connectivity index (χ1) is 13.5. The number of rotatable bonds is 4. The number of esters is 1. The minimum atomic E-state index is -0.595. The Morgan fingerprint density at radius 3 is 2.82 bits per heavy atom. The molecule has 0 saturated heterocycles. The molecule has 8 nitrogen and oxygen atoms in total. The summed E-state index contributed by atoms with van der Waals surface area (Å²) >= 11 is 0. The van der Waals surface area contributed by atoms with Crippen LogP contribution in [0.25, 0.3) is 11.0 Å². The maximum atomic E-state index is 12.8. The van der Waals surface area contributed by atoms with Gasteiger partial charge in [0.05, 0.1) is 34.2 Å². The molecular formula is C20H18N4O4. The first-order valence-electron chi connectivity index (χ1n) is 8.87. The second kappa shape index (κ2) is 6.80. The number of nitro benzene ring substituents is 1. The van der Waals surface area contributed by atoms with Crippen LogP contribution in [-0.4, -0.2) is 27.1 Å². The van der Waals surface area contributed by atoms with Crippen molar-refractivity contribution in [3.8, 4) is 0 Å². The van der Waals surface area contributed by atoms with Crippen LogP contribution in [0.4, 0.5) is 11.6 Å². The fourth-order valence-electron chi connectivity index (χ4n) is 3.56. The average Bonchev–Trinajstić information content (AvgIpc) is 3.04. The van der Waals surface area contributed by atoms with E-state index < -0.39 is 16.9 Å². The highest BCUT2D eigenvalue weighted by molar-refractivity contribution is 5.94. The van der Waals surface area contributed by atoms with Gasteiger partial charge in [-0.05, 0) is 31.5 Å². The Kier molecular flexibility index (Phi) is 4.31. The molecule has 0 bridgehead atoms. The van der Waals surface area contributed by atoms with Crippen LogP contribution in [0, 0.1) is 10.1 Å². The molecular weight excluding hydrogens is 360 g/mol. The molecule has 1 aliphatic heterocycles. The van der Waals surface area contributed by atoms with Gasteiger partial charge in [0.15, 0.2) is 0 Å². The largest absolute Gasteiger partial charge is 0.463 e. The van der Waals surface area contributed by atoms with Crippen molar-refractivity contribution in [2.24, 2.45) is 0 Å². The van der Waals surface area contributed by atoms with Crippen molar-refractivity contribution < 1.29 is 14.5 Å².